The Morgan fingerprint density at radius 3 is 2.73 bits per heavy atom. The third-order valence-electron chi connectivity index (χ3n) is 3.59. The molecule has 1 amide bonds. The van der Waals surface area contributed by atoms with Crippen LogP contribution in [0.4, 0.5) is 0 Å². The zero-order valence-corrected chi connectivity index (χ0v) is 12.4. The number of para-hydroxylation sites is 1. The Morgan fingerprint density at radius 2 is 2.05 bits per heavy atom. The predicted octanol–water partition coefficient (Wildman–Crippen LogP) is 1.44. The molecule has 2 atom stereocenters. The number of H-pyrrole nitrogens is 1. The maximum absolute atomic E-state index is 11.8. The molecular weight excluding hydrogens is 284 g/mol. The van der Waals surface area contributed by atoms with E-state index in [1.165, 1.54) is 6.92 Å². The molecule has 22 heavy (non-hydrogen) atoms. The van der Waals surface area contributed by atoms with E-state index in [0.717, 1.165) is 22.9 Å². The molecule has 4 N–H and O–H groups in total. The fourth-order valence-corrected chi connectivity index (χ4v) is 2.41. The molecule has 0 bridgehead atoms. The van der Waals surface area contributed by atoms with Crippen molar-refractivity contribution in [1.82, 2.24) is 10.3 Å². The molecule has 0 saturated carbocycles. The van der Waals surface area contributed by atoms with Crippen LogP contribution in [0.5, 0.6) is 0 Å². The van der Waals surface area contributed by atoms with E-state index in [1.807, 2.05) is 30.5 Å². The summed E-state index contributed by atoms with van der Waals surface area (Å²) in [6, 6.07) is 6.67. The van der Waals surface area contributed by atoms with Gasteiger partial charge in [0.25, 0.3) is 0 Å². The van der Waals surface area contributed by atoms with Gasteiger partial charge in [-0.1, -0.05) is 18.2 Å². The topological polar surface area (TPSA) is 102 Å². The van der Waals surface area contributed by atoms with Crippen LogP contribution in [-0.4, -0.2) is 39.2 Å². The van der Waals surface area contributed by atoms with Gasteiger partial charge < -0.3 is 20.5 Å². The molecule has 1 aromatic carbocycles. The SMILES string of the molecule is CC(O)C(NC(=O)CCCc1c[nH]c2ccccc12)C(=O)O. The van der Waals surface area contributed by atoms with Gasteiger partial charge in [0, 0.05) is 23.5 Å². The number of carbonyl (C=O) groups excluding carboxylic acids is 1. The summed E-state index contributed by atoms with van der Waals surface area (Å²) in [4.78, 5) is 25.8. The molecule has 2 aromatic rings. The number of carbonyl (C=O) groups is 2. The van der Waals surface area contributed by atoms with Crippen molar-refractivity contribution in [3.05, 3.63) is 36.0 Å². The van der Waals surface area contributed by atoms with Crippen molar-refractivity contribution in [2.75, 3.05) is 0 Å². The number of carboxylic acids is 1. The zero-order chi connectivity index (χ0) is 16.1. The number of aromatic amines is 1. The average Bonchev–Trinajstić information content (AvgIpc) is 2.88. The van der Waals surface area contributed by atoms with Gasteiger partial charge in [-0.15, -0.1) is 0 Å². The highest BCUT2D eigenvalue weighted by Gasteiger charge is 2.24. The van der Waals surface area contributed by atoms with Crippen molar-refractivity contribution < 1.29 is 19.8 Å². The lowest BCUT2D eigenvalue weighted by Crippen LogP contribution is -2.47. The molecule has 1 heterocycles. The fourth-order valence-electron chi connectivity index (χ4n) is 2.41. The Morgan fingerprint density at radius 1 is 1.32 bits per heavy atom. The van der Waals surface area contributed by atoms with Crippen LogP contribution in [0.3, 0.4) is 0 Å². The number of hydrogen-bond donors (Lipinski definition) is 4. The van der Waals surface area contributed by atoms with E-state index in [0.29, 0.717) is 6.42 Å². The normalized spacial score (nSPS) is 13.7. The Hall–Kier alpha value is -2.34. The van der Waals surface area contributed by atoms with Crippen LogP contribution in [0.25, 0.3) is 10.9 Å². The molecule has 2 rings (SSSR count). The molecule has 2 unspecified atom stereocenters. The van der Waals surface area contributed by atoms with E-state index in [4.69, 9.17) is 5.11 Å². The summed E-state index contributed by atoms with van der Waals surface area (Å²) in [5.41, 5.74) is 2.19. The molecule has 0 spiro atoms. The van der Waals surface area contributed by atoms with Crippen molar-refractivity contribution in [1.29, 1.82) is 0 Å². The van der Waals surface area contributed by atoms with Gasteiger partial charge >= 0.3 is 5.97 Å². The van der Waals surface area contributed by atoms with E-state index in [2.05, 4.69) is 10.3 Å². The number of fused-ring (bicyclic) bond motifs is 1. The van der Waals surface area contributed by atoms with E-state index >= 15 is 0 Å². The Balaban J connectivity index is 1.85. The number of rotatable bonds is 7. The Bertz CT molecular complexity index is 663. The molecular formula is C16H20N2O4. The van der Waals surface area contributed by atoms with E-state index in [1.54, 1.807) is 0 Å². The first-order valence-corrected chi connectivity index (χ1v) is 7.24. The second kappa shape index (κ2) is 7.09. The van der Waals surface area contributed by atoms with E-state index in [-0.39, 0.29) is 12.3 Å². The number of aliphatic carboxylic acids is 1. The lowest BCUT2D eigenvalue weighted by Gasteiger charge is -2.16. The lowest BCUT2D eigenvalue weighted by molar-refractivity contribution is -0.144. The number of aromatic nitrogens is 1. The number of hydrogen-bond acceptors (Lipinski definition) is 3. The van der Waals surface area contributed by atoms with Gasteiger partial charge in [0.05, 0.1) is 6.10 Å². The van der Waals surface area contributed by atoms with E-state index < -0.39 is 18.1 Å². The lowest BCUT2D eigenvalue weighted by atomic mass is 10.1. The summed E-state index contributed by atoms with van der Waals surface area (Å²) >= 11 is 0. The number of amides is 1. The Kier molecular flexibility index (Phi) is 5.16. The third kappa shape index (κ3) is 3.85. The maximum Gasteiger partial charge on any atom is 0.328 e. The summed E-state index contributed by atoms with van der Waals surface area (Å²) in [7, 11) is 0. The molecule has 0 fully saturated rings. The van der Waals surface area contributed by atoms with Gasteiger partial charge in [-0.2, -0.15) is 0 Å². The number of carboxylic acid groups (broad SMARTS) is 1. The van der Waals surface area contributed by atoms with Crippen molar-refractivity contribution in [2.45, 2.75) is 38.3 Å². The minimum absolute atomic E-state index is 0.218. The maximum atomic E-state index is 11.8. The second-order valence-corrected chi connectivity index (χ2v) is 5.34. The van der Waals surface area contributed by atoms with Crippen LogP contribution in [0.15, 0.2) is 30.5 Å². The summed E-state index contributed by atoms with van der Waals surface area (Å²) in [6.45, 7) is 1.34. The smallest absolute Gasteiger partial charge is 0.328 e. The largest absolute Gasteiger partial charge is 0.480 e. The number of aliphatic hydroxyl groups is 1. The molecule has 1 aromatic heterocycles. The molecule has 0 radical (unpaired) electrons. The van der Waals surface area contributed by atoms with Gasteiger partial charge in [0.2, 0.25) is 5.91 Å². The van der Waals surface area contributed by atoms with Crippen molar-refractivity contribution in [3.8, 4) is 0 Å². The van der Waals surface area contributed by atoms with Crippen LogP contribution in [0.1, 0.15) is 25.3 Å². The van der Waals surface area contributed by atoms with Crippen molar-refractivity contribution in [2.24, 2.45) is 0 Å². The van der Waals surface area contributed by atoms with Crippen LogP contribution >= 0.6 is 0 Å². The molecule has 0 aliphatic rings. The van der Waals surface area contributed by atoms with Crippen LogP contribution in [0.2, 0.25) is 0 Å². The summed E-state index contributed by atoms with van der Waals surface area (Å²) in [5, 5.41) is 21.7. The van der Waals surface area contributed by atoms with Gasteiger partial charge in [0.1, 0.15) is 0 Å². The summed E-state index contributed by atoms with van der Waals surface area (Å²) in [6.07, 6.45) is 2.35. The Labute approximate surface area is 128 Å². The molecule has 0 saturated heterocycles. The minimum Gasteiger partial charge on any atom is -0.480 e. The first kappa shape index (κ1) is 16.0. The predicted molar refractivity (Wildman–Crippen MR) is 82.5 cm³/mol. The van der Waals surface area contributed by atoms with Crippen LogP contribution < -0.4 is 5.32 Å². The highest BCUT2D eigenvalue weighted by molar-refractivity contribution is 5.84. The summed E-state index contributed by atoms with van der Waals surface area (Å²) < 4.78 is 0. The number of aryl methyl sites for hydroxylation is 1. The first-order chi connectivity index (χ1) is 10.5. The minimum atomic E-state index is -1.26. The van der Waals surface area contributed by atoms with Gasteiger partial charge in [-0.3, -0.25) is 4.79 Å². The molecule has 0 aliphatic heterocycles. The monoisotopic (exact) mass is 304 g/mol. The quantitative estimate of drug-likeness (QED) is 0.621. The number of benzene rings is 1. The molecule has 0 aliphatic carbocycles. The third-order valence-corrected chi connectivity index (χ3v) is 3.59. The number of aliphatic hydroxyl groups excluding tert-OH is 1. The van der Waals surface area contributed by atoms with Gasteiger partial charge in [-0.05, 0) is 31.4 Å². The van der Waals surface area contributed by atoms with Crippen molar-refractivity contribution in [3.63, 3.8) is 0 Å². The highest BCUT2D eigenvalue weighted by Crippen LogP contribution is 2.19. The van der Waals surface area contributed by atoms with Gasteiger partial charge in [0.15, 0.2) is 6.04 Å². The number of nitrogens with one attached hydrogen (secondary N) is 2. The van der Waals surface area contributed by atoms with Crippen LogP contribution in [0, 0.1) is 0 Å². The first-order valence-electron chi connectivity index (χ1n) is 7.24. The second-order valence-electron chi connectivity index (χ2n) is 5.34. The zero-order valence-electron chi connectivity index (χ0n) is 12.4. The molecule has 6 heteroatoms. The summed E-state index contributed by atoms with van der Waals surface area (Å²) in [5.74, 6) is -1.60. The fraction of sp³-hybridized carbons (Fsp3) is 0.375. The van der Waals surface area contributed by atoms with E-state index in [9.17, 15) is 14.7 Å². The standard InChI is InChI=1S/C16H20N2O4/c1-10(19)15(16(21)22)18-14(20)8-4-5-11-9-17-13-7-3-2-6-12(11)13/h2-3,6-7,9-10,15,17,19H,4-5,8H2,1H3,(H,18,20)(H,21,22). The highest BCUT2D eigenvalue weighted by atomic mass is 16.4. The van der Waals surface area contributed by atoms with Crippen molar-refractivity contribution >= 4 is 22.8 Å². The average molecular weight is 304 g/mol. The molecule has 6 nitrogen and oxygen atoms in total. The van der Waals surface area contributed by atoms with Gasteiger partial charge in [-0.25, -0.2) is 4.79 Å². The molecule has 118 valence electrons. The van der Waals surface area contributed by atoms with Crippen LogP contribution in [-0.2, 0) is 16.0 Å².